The molecule has 0 fully saturated rings. The number of anilines is 1. The average molecular weight is 497 g/mol. The molecule has 0 aliphatic rings. The van der Waals surface area contributed by atoms with Gasteiger partial charge >= 0.3 is 0 Å². The molecule has 0 aliphatic heterocycles. The number of thioether (sulfide) groups is 1. The molecule has 3 aromatic carbocycles. The molecule has 0 saturated heterocycles. The Morgan fingerprint density at radius 3 is 2.44 bits per heavy atom. The van der Waals surface area contributed by atoms with Gasteiger partial charge in [0, 0.05) is 18.1 Å². The maximum absolute atomic E-state index is 13.5. The smallest absolute Gasteiger partial charge is 0.262 e. The van der Waals surface area contributed by atoms with Crippen LogP contribution in [-0.2, 0) is 11.3 Å². The van der Waals surface area contributed by atoms with Crippen molar-refractivity contribution in [1.29, 1.82) is 0 Å². The summed E-state index contributed by atoms with van der Waals surface area (Å²) in [6, 6.07) is 25.7. The molecule has 2 heterocycles. The third-order valence-corrected chi connectivity index (χ3v) is 6.81. The molecule has 5 rings (SSSR count). The summed E-state index contributed by atoms with van der Waals surface area (Å²) in [5, 5.41) is 3.05. The van der Waals surface area contributed by atoms with Gasteiger partial charge in [-0.25, -0.2) is 9.37 Å². The Morgan fingerprint density at radius 2 is 1.69 bits per heavy atom. The standard InChI is InChI=1S/C28H21FN4O2S/c29-21-12-14-22(15-13-21)31-26(34)25(20-8-2-1-3-9-20)36-28-32-24-11-5-4-10-23(24)27(35)33(28)18-19-7-6-16-30-17-19/h1-17,25H,18H2,(H,31,34). The van der Waals surface area contributed by atoms with Crippen LogP contribution in [-0.4, -0.2) is 20.4 Å². The quantitative estimate of drug-likeness (QED) is 0.240. The molecule has 0 saturated carbocycles. The number of carbonyl (C=O) groups is 1. The van der Waals surface area contributed by atoms with Crippen molar-refractivity contribution < 1.29 is 9.18 Å². The Hall–Kier alpha value is -4.30. The van der Waals surface area contributed by atoms with Gasteiger partial charge in [-0.1, -0.05) is 60.3 Å². The Balaban J connectivity index is 1.57. The number of pyridine rings is 1. The molecule has 0 radical (unpaired) electrons. The number of fused-ring (bicyclic) bond motifs is 1. The van der Waals surface area contributed by atoms with E-state index < -0.39 is 5.25 Å². The minimum Gasteiger partial charge on any atom is -0.325 e. The van der Waals surface area contributed by atoms with E-state index in [4.69, 9.17) is 4.98 Å². The largest absolute Gasteiger partial charge is 0.325 e. The first-order valence-corrected chi connectivity index (χ1v) is 12.1. The second-order valence-electron chi connectivity index (χ2n) is 8.07. The third-order valence-electron chi connectivity index (χ3n) is 5.57. The monoisotopic (exact) mass is 496 g/mol. The van der Waals surface area contributed by atoms with Crippen LogP contribution in [0.3, 0.4) is 0 Å². The van der Waals surface area contributed by atoms with Crippen LogP contribution in [0.15, 0.2) is 113 Å². The number of para-hydroxylation sites is 1. The lowest BCUT2D eigenvalue weighted by molar-refractivity contribution is -0.115. The molecule has 36 heavy (non-hydrogen) atoms. The van der Waals surface area contributed by atoms with Crippen molar-refractivity contribution in [3.63, 3.8) is 0 Å². The minimum absolute atomic E-state index is 0.197. The SMILES string of the molecule is O=C(Nc1ccc(F)cc1)C(Sc1nc2ccccc2c(=O)n1Cc1cccnc1)c1ccccc1. The van der Waals surface area contributed by atoms with Crippen LogP contribution in [0, 0.1) is 5.82 Å². The normalized spacial score (nSPS) is 11.8. The molecule has 1 amide bonds. The van der Waals surface area contributed by atoms with Crippen molar-refractivity contribution in [3.05, 3.63) is 131 Å². The van der Waals surface area contributed by atoms with Crippen molar-refractivity contribution in [2.24, 2.45) is 0 Å². The fourth-order valence-electron chi connectivity index (χ4n) is 3.80. The number of carbonyl (C=O) groups excluding carboxylic acids is 1. The van der Waals surface area contributed by atoms with Crippen LogP contribution >= 0.6 is 11.8 Å². The van der Waals surface area contributed by atoms with E-state index in [1.807, 2.05) is 48.5 Å². The molecule has 8 heteroatoms. The highest BCUT2D eigenvalue weighted by molar-refractivity contribution is 8.00. The Labute approximate surface area is 210 Å². The molecule has 0 bridgehead atoms. The summed E-state index contributed by atoms with van der Waals surface area (Å²) in [6.07, 6.45) is 3.37. The summed E-state index contributed by atoms with van der Waals surface area (Å²) in [6.45, 7) is 0.258. The second-order valence-corrected chi connectivity index (χ2v) is 9.14. The van der Waals surface area contributed by atoms with Gasteiger partial charge < -0.3 is 5.32 Å². The van der Waals surface area contributed by atoms with Crippen molar-refractivity contribution in [2.75, 3.05) is 5.32 Å². The summed E-state index contributed by atoms with van der Waals surface area (Å²) in [5.74, 6) is -0.699. The van der Waals surface area contributed by atoms with Gasteiger partial charge in [-0.3, -0.25) is 19.1 Å². The van der Waals surface area contributed by atoms with Gasteiger partial charge in [0.05, 0.1) is 17.4 Å². The Bertz CT molecular complexity index is 1560. The van der Waals surface area contributed by atoms with Crippen molar-refractivity contribution in [3.8, 4) is 0 Å². The highest BCUT2D eigenvalue weighted by Gasteiger charge is 2.25. The summed E-state index contributed by atoms with van der Waals surface area (Å²) in [7, 11) is 0. The predicted octanol–water partition coefficient (Wildman–Crippen LogP) is 5.45. The molecule has 1 unspecified atom stereocenters. The van der Waals surface area contributed by atoms with Crippen LogP contribution in [0.4, 0.5) is 10.1 Å². The van der Waals surface area contributed by atoms with Crippen LogP contribution in [0.2, 0.25) is 0 Å². The highest BCUT2D eigenvalue weighted by atomic mass is 32.2. The number of amides is 1. The molecular weight excluding hydrogens is 475 g/mol. The van der Waals surface area contributed by atoms with Crippen LogP contribution in [0.25, 0.3) is 10.9 Å². The summed E-state index contributed by atoms with van der Waals surface area (Å²) >= 11 is 1.19. The van der Waals surface area contributed by atoms with E-state index in [0.717, 1.165) is 11.1 Å². The Kier molecular flexibility index (Phi) is 6.86. The zero-order chi connectivity index (χ0) is 24.9. The number of halogens is 1. The van der Waals surface area contributed by atoms with Crippen molar-refractivity contribution in [1.82, 2.24) is 14.5 Å². The fourth-order valence-corrected chi connectivity index (χ4v) is 4.89. The zero-order valence-electron chi connectivity index (χ0n) is 19.0. The molecule has 0 aliphatic carbocycles. The second kappa shape index (κ2) is 10.5. The van der Waals surface area contributed by atoms with Gasteiger partial charge in [-0.05, 0) is 53.6 Å². The van der Waals surface area contributed by atoms with E-state index in [2.05, 4.69) is 10.3 Å². The van der Waals surface area contributed by atoms with E-state index in [9.17, 15) is 14.0 Å². The number of nitrogens with zero attached hydrogens (tertiary/aromatic N) is 3. The number of benzene rings is 3. The summed E-state index contributed by atoms with van der Waals surface area (Å²) in [4.78, 5) is 35.9. The highest BCUT2D eigenvalue weighted by Crippen LogP contribution is 2.35. The van der Waals surface area contributed by atoms with Gasteiger partial charge in [0.25, 0.3) is 5.56 Å². The molecule has 1 N–H and O–H groups in total. The zero-order valence-corrected chi connectivity index (χ0v) is 19.9. The van der Waals surface area contributed by atoms with Crippen molar-refractivity contribution in [2.45, 2.75) is 17.0 Å². The number of rotatable bonds is 7. The average Bonchev–Trinajstić information content (AvgIpc) is 2.91. The lowest BCUT2D eigenvalue weighted by Crippen LogP contribution is -2.26. The van der Waals surface area contributed by atoms with E-state index in [1.54, 1.807) is 35.2 Å². The van der Waals surface area contributed by atoms with Gasteiger partial charge in [0.2, 0.25) is 5.91 Å². The number of hydrogen-bond donors (Lipinski definition) is 1. The summed E-state index contributed by atoms with van der Waals surface area (Å²) < 4.78 is 14.9. The molecule has 2 aromatic heterocycles. The van der Waals surface area contributed by atoms with E-state index in [1.165, 1.54) is 36.0 Å². The van der Waals surface area contributed by atoms with Crippen LogP contribution in [0.1, 0.15) is 16.4 Å². The first-order valence-electron chi connectivity index (χ1n) is 11.2. The predicted molar refractivity (Wildman–Crippen MR) is 139 cm³/mol. The molecular formula is C28H21FN4O2S. The first-order chi connectivity index (χ1) is 17.6. The van der Waals surface area contributed by atoms with Crippen molar-refractivity contribution >= 4 is 34.3 Å². The summed E-state index contributed by atoms with van der Waals surface area (Å²) in [5.41, 5.74) is 2.42. The number of nitrogens with one attached hydrogen (secondary N) is 1. The molecule has 178 valence electrons. The minimum atomic E-state index is -0.718. The maximum Gasteiger partial charge on any atom is 0.262 e. The maximum atomic E-state index is 13.5. The number of hydrogen-bond acceptors (Lipinski definition) is 5. The lowest BCUT2D eigenvalue weighted by atomic mass is 10.1. The molecule has 5 aromatic rings. The van der Waals surface area contributed by atoms with Gasteiger partial charge in [-0.15, -0.1) is 0 Å². The third kappa shape index (κ3) is 5.18. The van der Waals surface area contributed by atoms with Crippen LogP contribution < -0.4 is 10.9 Å². The molecule has 0 spiro atoms. The van der Waals surface area contributed by atoms with Gasteiger partial charge in [0.15, 0.2) is 5.16 Å². The van der Waals surface area contributed by atoms with E-state index >= 15 is 0 Å². The van der Waals surface area contributed by atoms with Crippen LogP contribution in [0.5, 0.6) is 0 Å². The molecule has 1 atom stereocenters. The Morgan fingerprint density at radius 1 is 0.944 bits per heavy atom. The number of aromatic nitrogens is 3. The van der Waals surface area contributed by atoms with Gasteiger partial charge in [0.1, 0.15) is 11.1 Å². The van der Waals surface area contributed by atoms with E-state index in [0.29, 0.717) is 21.7 Å². The molecule has 6 nitrogen and oxygen atoms in total. The van der Waals surface area contributed by atoms with Gasteiger partial charge in [-0.2, -0.15) is 0 Å². The lowest BCUT2D eigenvalue weighted by Gasteiger charge is -2.19. The first kappa shape index (κ1) is 23.4. The topological polar surface area (TPSA) is 76.9 Å². The van der Waals surface area contributed by atoms with E-state index in [-0.39, 0.29) is 23.8 Å². The fraction of sp³-hybridized carbons (Fsp3) is 0.0714.